The van der Waals surface area contributed by atoms with Crippen LogP contribution in [0.3, 0.4) is 0 Å². The molecule has 1 aromatic heterocycles. The molecular weight excluding hydrogens is 441 g/mol. The Morgan fingerprint density at radius 2 is 1.88 bits per heavy atom. The number of ether oxygens (including phenoxy) is 1. The smallest absolute Gasteiger partial charge is 0.221 e. The molecule has 1 amide bonds. The van der Waals surface area contributed by atoms with E-state index in [0.717, 1.165) is 29.8 Å². The van der Waals surface area contributed by atoms with Gasteiger partial charge in [-0.25, -0.2) is 4.39 Å². The number of nitrogens with one attached hydrogen (secondary N) is 2. The van der Waals surface area contributed by atoms with Crippen LogP contribution in [0.25, 0.3) is 11.4 Å². The highest BCUT2D eigenvalue weighted by molar-refractivity contribution is 7.71. The number of aryl methyl sites for hydroxylation is 1. The van der Waals surface area contributed by atoms with E-state index in [9.17, 15) is 9.18 Å². The van der Waals surface area contributed by atoms with E-state index in [1.165, 1.54) is 12.1 Å². The fraction of sp³-hybridized carbons (Fsp3) is 0.375. The Balaban J connectivity index is 1.40. The summed E-state index contributed by atoms with van der Waals surface area (Å²) in [5.41, 5.74) is 3.07. The van der Waals surface area contributed by atoms with Gasteiger partial charge in [0, 0.05) is 38.2 Å². The number of amides is 1. The number of H-pyrrole nitrogens is 1. The molecule has 9 heteroatoms. The minimum atomic E-state index is -0.273. The van der Waals surface area contributed by atoms with Crippen molar-refractivity contribution in [2.75, 3.05) is 32.8 Å². The molecule has 1 aliphatic rings. The van der Waals surface area contributed by atoms with Crippen LogP contribution in [0.4, 0.5) is 4.39 Å². The molecule has 174 valence electrons. The van der Waals surface area contributed by atoms with E-state index >= 15 is 0 Å². The van der Waals surface area contributed by atoms with Crippen LogP contribution in [0.15, 0.2) is 48.5 Å². The Hall–Kier alpha value is -2.88. The first kappa shape index (κ1) is 23.3. The number of carbonyl (C=O) groups is 1. The molecule has 2 aromatic carbocycles. The number of aromatic amines is 1. The average Bonchev–Trinajstić information content (AvgIpc) is 3.20. The molecule has 33 heavy (non-hydrogen) atoms. The zero-order valence-electron chi connectivity index (χ0n) is 18.6. The molecular formula is C24H28FN5O2S. The highest BCUT2D eigenvalue weighted by Crippen LogP contribution is 2.22. The molecule has 0 bridgehead atoms. The second-order valence-electron chi connectivity index (χ2n) is 8.14. The van der Waals surface area contributed by atoms with Gasteiger partial charge in [0.05, 0.1) is 19.3 Å². The first-order valence-electron chi connectivity index (χ1n) is 11.1. The van der Waals surface area contributed by atoms with Crippen molar-refractivity contribution in [2.24, 2.45) is 0 Å². The molecule has 1 aliphatic heterocycles. The molecule has 1 atom stereocenters. The van der Waals surface area contributed by atoms with Crippen LogP contribution in [0, 0.1) is 17.5 Å². The lowest BCUT2D eigenvalue weighted by atomic mass is 10.0. The van der Waals surface area contributed by atoms with Crippen molar-refractivity contribution >= 4 is 18.1 Å². The fourth-order valence-corrected chi connectivity index (χ4v) is 4.22. The van der Waals surface area contributed by atoms with Crippen molar-refractivity contribution in [3.05, 3.63) is 70.2 Å². The van der Waals surface area contributed by atoms with E-state index in [0.29, 0.717) is 36.9 Å². The van der Waals surface area contributed by atoms with Crippen LogP contribution < -0.4 is 5.32 Å². The van der Waals surface area contributed by atoms with Crippen molar-refractivity contribution in [3.8, 4) is 11.4 Å². The van der Waals surface area contributed by atoms with Crippen LogP contribution in [-0.4, -0.2) is 58.4 Å². The van der Waals surface area contributed by atoms with Gasteiger partial charge >= 0.3 is 0 Å². The Bertz CT molecular complexity index is 1120. The number of morpholine rings is 1. The van der Waals surface area contributed by atoms with Crippen LogP contribution in [-0.2, 0) is 16.1 Å². The third-order valence-corrected chi connectivity index (χ3v) is 6.18. The van der Waals surface area contributed by atoms with E-state index in [4.69, 9.17) is 17.0 Å². The minimum Gasteiger partial charge on any atom is -0.379 e. The van der Waals surface area contributed by atoms with E-state index in [2.05, 4.69) is 20.4 Å². The van der Waals surface area contributed by atoms with Crippen LogP contribution in [0.5, 0.6) is 0 Å². The largest absolute Gasteiger partial charge is 0.379 e. The van der Waals surface area contributed by atoms with Crippen molar-refractivity contribution in [1.82, 2.24) is 25.0 Å². The first-order chi connectivity index (χ1) is 16.0. The maximum Gasteiger partial charge on any atom is 0.221 e. The number of hydrogen-bond acceptors (Lipinski definition) is 5. The van der Waals surface area contributed by atoms with E-state index < -0.39 is 0 Å². The maximum absolute atomic E-state index is 13.4. The van der Waals surface area contributed by atoms with Gasteiger partial charge in [-0.05, 0) is 36.8 Å². The van der Waals surface area contributed by atoms with E-state index in [-0.39, 0.29) is 24.2 Å². The maximum atomic E-state index is 13.4. The number of benzene rings is 2. The summed E-state index contributed by atoms with van der Waals surface area (Å²) in [7, 11) is 0. The van der Waals surface area contributed by atoms with Crippen LogP contribution >= 0.6 is 12.2 Å². The van der Waals surface area contributed by atoms with E-state index in [1.807, 2.05) is 35.8 Å². The lowest BCUT2D eigenvalue weighted by Gasteiger charge is -2.35. The highest BCUT2D eigenvalue weighted by Gasteiger charge is 2.23. The van der Waals surface area contributed by atoms with Crippen molar-refractivity contribution < 1.29 is 13.9 Å². The van der Waals surface area contributed by atoms with Gasteiger partial charge in [0.15, 0.2) is 10.6 Å². The Morgan fingerprint density at radius 1 is 1.18 bits per heavy atom. The lowest BCUT2D eigenvalue weighted by Crippen LogP contribution is -2.43. The normalized spacial score (nSPS) is 15.3. The first-order valence-corrected chi connectivity index (χ1v) is 11.5. The third kappa shape index (κ3) is 5.93. The van der Waals surface area contributed by atoms with Crippen LogP contribution in [0.2, 0.25) is 0 Å². The quantitative estimate of drug-likeness (QED) is 0.493. The molecule has 2 heterocycles. The summed E-state index contributed by atoms with van der Waals surface area (Å²) < 4.78 is 21.2. The predicted molar refractivity (Wildman–Crippen MR) is 127 cm³/mol. The molecule has 1 fully saturated rings. The monoisotopic (exact) mass is 469 g/mol. The predicted octanol–water partition coefficient (Wildman–Crippen LogP) is 3.64. The van der Waals surface area contributed by atoms with Crippen molar-refractivity contribution in [1.29, 1.82) is 0 Å². The second kappa shape index (κ2) is 10.8. The van der Waals surface area contributed by atoms with Gasteiger partial charge in [0.1, 0.15) is 5.82 Å². The lowest BCUT2D eigenvalue weighted by molar-refractivity contribution is -0.121. The molecule has 3 aromatic rings. The average molecular weight is 470 g/mol. The van der Waals surface area contributed by atoms with Gasteiger partial charge in [-0.1, -0.05) is 42.0 Å². The summed E-state index contributed by atoms with van der Waals surface area (Å²) in [5, 5.41) is 10.2. The summed E-state index contributed by atoms with van der Waals surface area (Å²) in [5.74, 6) is 0.364. The molecule has 2 N–H and O–H groups in total. The fourth-order valence-electron chi connectivity index (χ4n) is 3.99. The number of rotatable bonds is 8. The zero-order valence-corrected chi connectivity index (χ0v) is 19.4. The summed E-state index contributed by atoms with van der Waals surface area (Å²) in [6, 6.07) is 14.4. The number of nitrogens with zero attached hydrogens (tertiary/aromatic N) is 3. The molecule has 0 spiro atoms. The van der Waals surface area contributed by atoms with Crippen LogP contribution in [0.1, 0.15) is 23.6 Å². The summed E-state index contributed by atoms with van der Waals surface area (Å²) in [6.45, 7) is 5.71. The Kier molecular flexibility index (Phi) is 7.64. The molecule has 0 saturated carbocycles. The Labute approximate surface area is 197 Å². The van der Waals surface area contributed by atoms with Crippen molar-refractivity contribution in [2.45, 2.75) is 25.9 Å². The molecule has 1 unspecified atom stereocenters. The van der Waals surface area contributed by atoms with Gasteiger partial charge in [-0.15, -0.1) is 0 Å². The standard InChI is InChI=1S/C24H28FN5O2S/c1-17-2-4-19(5-3-17)23-27-28-24(33)30(23)11-10-22(31)26-16-21(29-12-14-32-15-13-29)18-6-8-20(25)9-7-18/h2-9,21H,10-16H2,1H3,(H,26,31)(H,28,33). The topological polar surface area (TPSA) is 75.2 Å². The SMILES string of the molecule is Cc1ccc(-c2n[nH]c(=S)n2CCC(=O)NCC(c2ccc(F)cc2)N2CCOCC2)cc1. The van der Waals surface area contributed by atoms with Gasteiger partial charge in [0.2, 0.25) is 5.91 Å². The molecule has 0 aliphatic carbocycles. The minimum absolute atomic E-state index is 0.0438. The molecule has 7 nitrogen and oxygen atoms in total. The third-order valence-electron chi connectivity index (χ3n) is 5.86. The summed E-state index contributed by atoms with van der Waals surface area (Å²) in [6.07, 6.45) is 0.270. The van der Waals surface area contributed by atoms with Gasteiger partial charge in [-0.2, -0.15) is 5.10 Å². The zero-order chi connectivity index (χ0) is 23.2. The number of aromatic nitrogens is 3. The van der Waals surface area contributed by atoms with Gasteiger partial charge < -0.3 is 10.1 Å². The summed E-state index contributed by atoms with van der Waals surface area (Å²) >= 11 is 5.38. The summed E-state index contributed by atoms with van der Waals surface area (Å²) in [4.78, 5) is 15.0. The van der Waals surface area contributed by atoms with Gasteiger partial charge in [0.25, 0.3) is 0 Å². The number of hydrogen-bond donors (Lipinski definition) is 2. The molecule has 0 radical (unpaired) electrons. The van der Waals surface area contributed by atoms with Gasteiger partial charge in [-0.3, -0.25) is 19.4 Å². The number of carbonyl (C=O) groups excluding carboxylic acids is 1. The van der Waals surface area contributed by atoms with Crippen molar-refractivity contribution in [3.63, 3.8) is 0 Å². The Morgan fingerprint density at radius 3 is 2.58 bits per heavy atom. The molecule has 1 saturated heterocycles. The highest BCUT2D eigenvalue weighted by atomic mass is 32.1. The second-order valence-corrected chi connectivity index (χ2v) is 8.53. The number of halogens is 1. The van der Waals surface area contributed by atoms with E-state index in [1.54, 1.807) is 12.1 Å². The molecule has 4 rings (SSSR count).